The molecule has 0 fully saturated rings. The SMILES string of the molecule is [2H]C([2H])([2H])NC(=O)c1ccc(F)cc1. The van der Waals surface area contributed by atoms with Gasteiger partial charge in [-0.15, -0.1) is 0 Å². The number of carbonyl (C=O) groups excluding carboxylic acids is 1. The molecule has 1 aromatic carbocycles. The van der Waals surface area contributed by atoms with Crippen molar-refractivity contribution < 1.29 is 13.3 Å². The molecule has 0 saturated carbocycles. The number of nitrogens with one attached hydrogen (secondary N) is 1. The van der Waals surface area contributed by atoms with Gasteiger partial charge in [-0.2, -0.15) is 0 Å². The van der Waals surface area contributed by atoms with Crippen LogP contribution in [0.1, 0.15) is 14.5 Å². The fourth-order valence-electron chi connectivity index (χ4n) is 0.673. The standard InChI is InChI=1S/C8H8FNO/c1-10-8(11)6-2-4-7(9)5-3-6/h2-5H,1H3,(H,10,11)/i1D3. The molecule has 0 atom stereocenters. The third-order valence-corrected chi connectivity index (χ3v) is 1.22. The van der Waals surface area contributed by atoms with Gasteiger partial charge in [0, 0.05) is 16.7 Å². The van der Waals surface area contributed by atoms with E-state index in [1.54, 1.807) is 5.32 Å². The predicted octanol–water partition coefficient (Wildman–Crippen LogP) is 1.19. The minimum absolute atomic E-state index is 0.113. The Hall–Kier alpha value is -1.38. The number of carbonyl (C=O) groups is 1. The molecule has 0 aliphatic heterocycles. The van der Waals surface area contributed by atoms with Crippen molar-refractivity contribution >= 4 is 5.91 Å². The van der Waals surface area contributed by atoms with E-state index in [-0.39, 0.29) is 5.56 Å². The summed E-state index contributed by atoms with van der Waals surface area (Å²) in [6.07, 6.45) is 0. The van der Waals surface area contributed by atoms with Gasteiger partial charge >= 0.3 is 0 Å². The predicted molar refractivity (Wildman–Crippen MR) is 39.8 cm³/mol. The van der Waals surface area contributed by atoms with Crippen molar-refractivity contribution in [1.29, 1.82) is 0 Å². The summed E-state index contributed by atoms with van der Waals surface area (Å²) in [5.74, 6) is -1.22. The van der Waals surface area contributed by atoms with Crippen molar-refractivity contribution in [2.24, 2.45) is 0 Å². The van der Waals surface area contributed by atoms with Gasteiger partial charge in [-0.3, -0.25) is 4.79 Å². The van der Waals surface area contributed by atoms with E-state index in [4.69, 9.17) is 4.11 Å². The Balaban J connectivity index is 2.76. The monoisotopic (exact) mass is 156 g/mol. The van der Waals surface area contributed by atoms with Crippen LogP contribution in [0.5, 0.6) is 0 Å². The molecule has 0 unspecified atom stereocenters. The Morgan fingerprint density at radius 1 is 1.55 bits per heavy atom. The van der Waals surface area contributed by atoms with E-state index in [2.05, 4.69) is 0 Å². The van der Waals surface area contributed by atoms with E-state index in [1.165, 1.54) is 12.1 Å². The first-order chi connectivity index (χ1) is 6.38. The van der Waals surface area contributed by atoms with Crippen molar-refractivity contribution in [3.63, 3.8) is 0 Å². The van der Waals surface area contributed by atoms with Gasteiger partial charge < -0.3 is 5.32 Å². The average Bonchev–Trinajstić information content (AvgIpc) is 2.02. The fraction of sp³-hybridized carbons (Fsp3) is 0.125. The Morgan fingerprint density at radius 3 is 2.73 bits per heavy atom. The van der Waals surface area contributed by atoms with Crippen LogP contribution in [-0.2, 0) is 0 Å². The molecule has 11 heavy (non-hydrogen) atoms. The maximum atomic E-state index is 12.4. The summed E-state index contributed by atoms with van der Waals surface area (Å²) in [7, 11) is 0. The summed E-state index contributed by atoms with van der Waals surface area (Å²) in [5, 5.41) is 1.79. The molecule has 1 amide bonds. The third-order valence-electron chi connectivity index (χ3n) is 1.22. The fourth-order valence-corrected chi connectivity index (χ4v) is 0.673. The van der Waals surface area contributed by atoms with Crippen LogP contribution in [0.2, 0.25) is 0 Å². The Labute approximate surface area is 68.3 Å². The summed E-state index contributed by atoms with van der Waals surface area (Å²) >= 11 is 0. The second kappa shape index (κ2) is 3.14. The highest BCUT2D eigenvalue weighted by Gasteiger charge is 2.00. The first-order valence-electron chi connectivity index (χ1n) is 4.46. The van der Waals surface area contributed by atoms with E-state index < -0.39 is 18.7 Å². The molecule has 0 bridgehead atoms. The average molecular weight is 156 g/mol. The van der Waals surface area contributed by atoms with Gasteiger partial charge in [0.1, 0.15) is 5.82 Å². The lowest BCUT2D eigenvalue weighted by Gasteiger charge is -1.97. The first kappa shape index (κ1) is 4.49. The van der Waals surface area contributed by atoms with Gasteiger partial charge in [0.25, 0.3) is 5.91 Å². The number of benzene rings is 1. The van der Waals surface area contributed by atoms with Crippen molar-refractivity contribution in [1.82, 2.24) is 5.32 Å². The van der Waals surface area contributed by atoms with Crippen molar-refractivity contribution in [3.8, 4) is 0 Å². The molecule has 0 aliphatic carbocycles. The lowest BCUT2D eigenvalue weighted by Crippen LogP contribution is -2.17. The summed E-state index contributed by atoms with van der Waals surface area (Å²) in [4.78, 5) is 11.2. The van der Waals surface area contributed by atoms with E-state index >= 15 is 0 Å². The second-order valence-electron chi connectivity index (χ2n) is 1.96. The highest BCUT2D eigenvalue weighted by atomic mass is 19.1. The summed E-state index contributed by atoms with van der Waals surface area (Å²) in [5.41, 5.74) is 0.113. The zero-order valence-corrected chi connectivity index (χ0v) is 5.60. The van der Waals surface area contributed by atoms with Crippen molar-refractivity contribution in [3.05, 3.63) is 35.6 Å². The van der Waals surface area contributed by atoms with Gasteiger partial charge in [0.05, 0.1) is 0 Å². The number of hydrogen-bond acceptors (Lipinski definition) is 1. The van der Waals surface area contributed by atoms with E-state index in [9.17, 15) is 9.18 Å². The number of amides is 1. The van der Waals surface area contributed by atoms with E-state index in [0.717, 1.165) is 12.1 Å². The molecule has 1 N–H and O–H groups in total. The quantitative estimate of drug-likeness (QED) is 0.650. The smallest absolute Gasteiger partial charge is 0.251 e. The van der Waals surface area contributed by atoms with Crippen molar-refractivity contribution in [2.75, 3.05) is 6.98 Å². The lowest BCUT2D eigenvalue weighted by molar-refractivity contribution is 0.0963. The lowest BCUT2D eigenvalue weighted by atomic mass is 10.2. The Bertz CT molecular complexity index is 333. The molecule has 58 valence electrons. The van der Waals surface area contributed by atoms with Crippen LogP contribution in [0.25, 0.3) is 0 Å². The maximum absolute atomic E-state index is 12.4. The minimum atomic E-state index is -2.52. The second-order valence-corrected chi connectivity index (χ2v) is 1.96. The molecule has 3 heteroatoms. The van der Waals surface area contributed by atoms with E-state index in [0.29, 0.717) is 0 Å². The summed E-state index contributed by atoms with van der Waals surface area (Å²) in [6, 6.07) is 4.62. The first-order valence-corrected chi connectivity index (χ1v) is 2.96. The maximum Gasteiger partial charge on any atom is 0.251 e. The largest absolute Gasteiger partial charge is 0.355 e. The highest BCUT2D eigenvalue weighted by molar-refractivity contribution is 5.93. The summed E-state index contributed by atoms with van der Waals surface area (Å²) in [6.45, 7) is -2.52. The highest BCUT2D eigenvalue weighted by Crippen LogP contribution is 2.01. The van der Waals surface area contributed by atoms with Crippen molar-refractivity contribution in [2.45, 2.75) is 0 Å². The molecule has 1 rings (SSSR count). The topological polar surface area (TPSA) is 29.1 Å². The van der Waals surface area contributed by atoms with Crippen LogP contribution < -0.4 is 5.32 Å². The molecule has 1 aromatic rings. The molecule has 2 nitrogen and oxygen atoms in total. The zero-order chi connectivity index (χ0) is 10.8. The van der Waals surface area contributed by atoms with Gasteiger partial charge in [0.2, 0.25) is 0 Å². The van der Waals surface area contributed by atoms with Crippen LogP contribution in [0, 0.1) is 5.82 Å². The van der Waals surface area contributed by atoms with Gasteiger partial charge in [0.15, 0.2) is 0 Å². The third kappa shape index (κ3) is 1.77. The minimum Gasteiger partial charge on any atom is -0.355 e. The zero-order valence-electron chi connectivity index (χ0n) is 8.60. The van der Waals surface area contributed by atoms with Crippen LogP contribution in [0.4, 0.5) is 4.39 Å². The molecule has 0 heterocycles. The molecular weight excluding hydrogens is 145 g/mol. The van der Waals surface area contributed by atoms with Crippen LogP contribution in [-0.4, -0.2) is 12.9 Å². The van der Waals surface area contributed by atoms with Crippen LogP contribution >= 0.6 is 0 Å². The molecule has 0 aromatic heterocycles. The van der Waals surface area contributed by atoms with Crippen LogP contribution in [0.15, 0.2) is 24.3 Å². The number of halogens is 1. The molecule has 0 spiro atoms. The van der Waals surface area contributed by atoms with Crippen LogP contribution in [0.3, 0.4) is 0 Å². The molecule has 0 saturated heterocycles. The number of hydrogen-bond donors (Lipinski definition) is 1. The molecule has 0 radical (unpaired) electrons. The Morgan fingerprint density at radius 2 is 2.18 bits per heavy atom. The van der Waals surface area contributed by atoms with Gasteiger partial charge in [-0.05, 0) is 24.3 Å². The normalized spacial score (nSPS) is 14.5. The summed E-state index contributed by atoms with van der Waals surface area (Å²) < 4.78 is 32.8. The molecular formula is C8H8FNO. The van der Waals surface area contributed by atoms with E-state index in [1.807, 2.05) is 0 Å². The Kier molecular flexibility index (Phi) is 1.28. The van der Waals surface area contributed by atoms with Gasteiger partial charge in [-0.1, -0.05) is 0 Å². The number of rotatable bonds is 1. The molecule has 0 aliphatic rings. The van der Waals surface area contributed by atoms with Gasteiger partial charge in [-0.25, -0.2) is 4.39 Å².